The van der Waals surface area contributed by atoms with Gasteiger partial charge >= 0.3 is 0 Å². The lowest BCUT2D eigenvalue weighted by Gasteiger charge is -2.37. The average molecular weight is 497 g/mol. The van der Waals surface area contributed by atoms with Crippen molar-refractivity contribution >= 4 is 44.9 Å². The van der Waals surface area contributed by atoms with Crippen LogP contribution in [0, 0.1) is 5.92 Å². The summed E-state index contributed by atoms with van der Waals surface area (Å²) < 4.78 is 1.76. The normalized spacial score (nSPS) is 19.3. The van der Waals surface area contributed by atoms with E-state index in [1.54, 1.807) is 15.9 Å². The largest absolute Gasteiger partial charge is 0.368 e. The second kappa shape index (κ2) is 9.74. The summed E-state index contributed by atoms with van der Waals surface area (Å²) in [4.78, 5) is 38.1. The molecule has 1 saturated heterocycles. The van der Waals surface area contributed by atoms with Crippen LogP contribution in [0.5, 0.6) is 0 Å². The monoisotopic (exact) mass is 496 g/mol. The maximum atomic E-state index is 13.4. The average Bonchev–Trinajstić information content (AvgIpc) is 3.21. The minimum Gasteiger partial charge on any atom is -0.368 e. The molecular weight excluding hydrogens is 464 g/mol. The fraction of sp³-hybridized carbons (Fsp3) is 0.500. The van der Waals surface area contributed by atoms with Crippen LogP contribution in [0.1, 0.15) is 37.6 Å². The van der Waals surface area contributed by atoms with Gasteiger partial charge < -0.3 is 9.80 Å². The van der Waals surface area contributed by atoms with Gasteiger partial charge in [0, 0.05) is 43.3 Å². The number of amides is 1. The molecule has 3 aromatic rings. The number of para-hydroxylation sites is 1. The Bertz CT molecular complexity index is 1250. The standard InChI is InChI=1S/C26H32N4O2S2/c1-4-30-25(32)22-20-11-10-17(2)16-21(20)34-23(22)27-26(30)33-18(3)24(31)29-14-12-28(13-15-29)19-8-6-5-7-9-19/h5-9,17-18H,4,10-16H2,1-3H3. The highest BCUT2D eigenvalue weighted by molar-refractivity contribution is 8.00. The van der Waals surface area contributed by atoms with Gasteiger partial charge in [-0.2, -0.15) is 0 Å². The molecule has 1 aliphatic heterocycles. The smallest absolute Gasteiger partial charge is 0.263 e. The number of fused-ring (bicyclic) bond motifs is 3. The first-order valence-corrected chi connectivity index (χ1v) is 14.0. The van der Waals surface area contributed by atoms with Crippen LogP contribution >= 0.6 is 23.1 Å². The van der Waals surface area contributed by atoms with Gasteiger partial charge in [-0.1, -0.05) is 36.9 Å². The molecule has 2 atom stereocenters. The maximum absolute atomic E-state index is 13.4. The molecule has 1 aliphatic carbocycles. The van der Waals surface area contributed by atoms with Gasteiger partial charge in [0.25, 0.3) is 5.56 Å². The summed E-state index contributed by atoms with van der Waals surface area (Å²) in [7, 11) is 0. The molecular formula is C26H32N4O2S2. The van der Waals surface area contributed by atoms with E-state index in [0.717, 1.165) is 42.6 Å². The van der Waals surface area contributed by atoms with Crippen molar-refractivity contribution in [1.29, 1.82) is 0 Å². The third kappa shape index (κ3) is 4.38. The van der Waals surface area contributed by atoms with Gasteiger partial charge in [0.1, 0.15) is 4.83 Å². The quantitative estimate of drug-likeness (QED) is 0.386. The summed E-state index contributed by atoms with van der Waals surface area (Å²) in [6.45, 7) is 9.83. The second-order valence-electron chi connectivity index (χ2n) is 9.38. The summed E-state index contributed by atoms with van der Waals surface area (Å²) in [5.41, 5.74) is 2.47. The fourth-order valence-corrected chi connectivity index (χ4v) is 7.54. The minimum atomic E-state index is -0.292. The van der Waals surface area contributed by atoms with Gasteiger partial charge in [-0.25, -0.2) is 4.98 Å². The lowest BCUT2D eigenvalue weighted by atomic mass is 9.89. The molecule has 180 valence electrons. The number of hydrogen-bond acceptors (Lipinski definition) is 6. The number of carbonyl (C=O) groups is 1. The highest BCUT2D eigenvalue weighted by Gasteiger charge is 2.28. The molecule has 2 unspecified atom stereocenters. The molecule has 0 spiro atoms. The van der Waals surface area contributed by atoms with Crippen molar-refractivity contribution in [2.45, 2.75) is 57.0 Å². The number of thiophene rings is 1. The topological polar surface area (TPSA) is 58.4 Å². The zero-order valence-corrected chi connectivity index (χ0v) is 21.8. The Kier molecular flexibility index (Phi) is 6.71. The molecule has 0 radical (unpaired) electrons. The van der Waals surface area contributed by atoms with E-state index in [9.17, 15) is 9.59 Å². The van der Waals surface area contributed by atoms with E-state index in [1.807, 2.05) is 36.9 Å². The molecule has 0 bridgehead atoms. The maximum Gasteiger partial charge on any atom is 0.263 e. The van der Waals surface area contributed by atoms with E-state index < -0.39 is 0 Å². The summed E-state index contributed by atoms with van der Waals surface area (Å²) in [5, 5.41) is 1.18. The Labute approximate surface area is 209 Å². The fourth-order valence-electron chi connectivity index (χ4n) is 5.06. The molecule has 2 aliphatic rings. The van der Waals surface area contributed by atoms with E-state index in [-0.39, 0.29) is 16.7 Å². The van der Waals surface area contributed by atoms with Crippen molar-refractivity contribution in [3.05, 3.63) is 51.1 Å². The number of anilines is 1. The Morgan fingerprint density at radius 2 is 1.94 bits per heavy atom. The second-order valence-corrected chi connectivity index (χ2v) is 11.8. The number of nitrogens with zero attached hydrogens (tertiary/aromatic N) is 4. The van der Waals surface area contributed by atoms with Gasteiger partial charge in [0.05, 0.1) is 10.6 Å². The number of carbonyl (C=O) groups excluding carboxylic acids is 1. The van der Waals surface area contributed by atoms with Crippen molar-refractivity contribution < 1.29 is 4.79 Å². The third-order valence-electron chi connectivity index (χ3n) is 7.04. The minimum absolute atomic E-state index is 0.0539. The van der Waals surface area contributed by atoms with Crippen LogP contribution in [-0.4, -0.2) is 51.8 Å². The Morgan fingerprint density at radius 3 is 2.65 bits per heavy atom. The van der Waals surface area contributed by atoms with E-state index in [4.69, 9.17) is 4.98 Å². The lowest BCUT2D eigenvalue weighted by molar-refractivity contribution is -0.130. The van der Waals surface area contributed by atoms with Crippen LogP contribution in [0.2, 0.25) is 0 Å². The van der Waals surface area contributed by atoms with Gasteiger partial charge in [-0.05, 0) is 56.7 Å². The van der Waals surface area contributed by atoms with Crippen molar-refractivity contribution in [2.24, 2.45) is 5.92 Å². The molecule has 8 heteroatoms. The van der Waals surface area contributed by atoms with Crippen molar-refractivity contribution in [1.82, 2.24) is 14.5 Å². The first kappa shape index (κ1) is 23.4. The van der Waals surface area contributed by atoms with E-state index in [1.165, 1.54) is 27.9 Å². The molecule has 1 aromatic carbocycles. The van der Waals surface area contributed by atoms with Crippen molar-refractivity contribution in [3.8, 4) is 0 Å². The molecule has 34 heavy (non-hydrogen) atoms. The Hall–Kier alpha value is -2.32. The molecule has 2 aromatic heterocycles. The number of thioether (sulfide) groups is 1. The number of hydrogen-bond donors (Lipinski definition) is 0. The molecule has 1 fully saturated rings. The third-order valence-corrected chi connectivity index (χ3v) is 9.26. The number of rotatable bonds is 5. The van der Waals surface area contributed by atoms with Gasteiger partial charge in [-0.3, -0.25) is 14.2 Å². The molecule has 0 N–H and O–H groups in total. The summed E-state index contributed by atoms with van der Waals surface area (Å²) >= 11 is 3.10. The molecule has 3 heterocycles. The highest BCUT2D eigenvalue weighted by atomic mass is 32.2. The van der Waals surface area contributed by atoms with Crippen LogP contribution in [-0.2, 0) is 24.2 Å². The summed E-state index contributed by atoms with van der Waals surface area (Å²) in [6, 6.07) is 10.4. The number of aryl methyl sites for hydroxylation is 1. The zero-order valence-electron chi connectivity index (χ0n) is 20.1. The lowest BCUT2D eigenvalue weighted by Crippen LogP contribution is -2.50. The molecule has 5 rings (SSSR count). The van der Waals surface area contributed by atoms with Crippen LogP contribution in [0.3, 0.4) is 0 Å². The molecule has 1 amide bonds. The van der Waals surface area contributed by atoms with Crippen LogP contribution in [0.25, 0.3) is 10.2 Å². The SMILES string of the molecule is CCn1c(SC(C)C(=O)N2CCN(c3ccccc3)CC2)nc2sc3c(c2c1=O)CCC(C)C3. The predicted octanol–water partition coefficient (Wildman–Crippen LogP) is 4.43. The predicted molar refractivity (Wildman–Crippen MR) is 141 cm³/mol. The van der Waals surface area contributed by atoms with Crippen molar-refractivity contribution in [2.75, 3.05) is 31.1 Å². The van der Waals surface area contributed by atoms with E-state index in [0.29, 0.717) is 30.7 Å². The van der Waals surface area contributed by atoms with Gasteiger partial charge in [0.15, 0.2) is 5.16 Å². The van der Waals surface area contributed by atoms with Crippen LogP contribution in [0.4, 0.5) is 5.69 Å². The number of benzene rings is 1. The van der Waals surface area contributed by atoms with E-state index in [2.05, 4.69) is 24.0 Å². The number of aromatic nitrogens is 2. The molecule has 0 saturated carbocycles. The first-order valence-electron chi connectivity index (χ1n) is 12.3. The van der Waals surface area contributed by atoms with Gasteiger partial charge in [0.2, 0.25) is 5.91 Å². The Balaban J connectivity index is 1.32. The van der Waals surface area contributed by atoms with Crippen LogP contribution < -0.4 is 10.5 Å². The highest BCUT2D eigenvalue weighted by Crippen LogP contribution is 2.37. The first-order chi connectivity index (χ1) is 16.5. The summed E-state index contributed by atoms with van der Waals surface area (Å²) in [5.74, 6) is 0.775. The molecule has 6 nitrogen and oxygen atoms in total. The Morgan fingerprint density at radius 1 is 1.21 bits per heavy atom. The van der Waals surface area contributed by atoms with Crippen LogP contribution in [0.15, 0.2) is 40.3 Å². The zero-order chi connectivity index (χ0) is 23.8. The van der Waals surface area contributed by atoms with Gasteiger partial charge in [-0.15, -0.1) is 11.3 Å². The van der Waals surface area contributed by atoms with E-state index >= 15 is 0 Å². The summed E-state index contributed by atoms with van der Waals surface area (Å²) in [6.07, 6.45) is 3.13. The van der Waals surface area contributed by atoms with Crippen molar-refractivity contribution in [3.63, 3.8) is 0 Å². The number of piperazine rings is 1.